The van der Waals surface area contributed by atoms with E-state index in [1.807, 2.05) is 0 Å². The Bertz CT molecular complexity index is 89.8. The first kappa shape index (κ1) is 11.4. The maximum atomic E-state index is 9.43. The molecule has 0 aliphatic rings. The monoisotopic (exact) mass is 155 g/mol. The number of nitrogens with zero attached hydrogens (tertiary/aromatic N) is 1. The Labute approximate surface area is 53.9 Å². The van der Waals surface area contributed by atoms with Crippen LogP contribution < -0.4 is 0 Å². The fraction of sp³-hybridized carbons (Fsp3) is 0.667. The normalized spacial score (nSPS) is 7.67. The highest BCUT2D eigenvalue weighted by molar-refractivity contribution is 7.30. The Balaban J connectivity index is 0. The molecule has 0 aliphatic heterocycles. The van der Waals surface area contributed by atoms with E-state index >= 15 is 0 Å². The van der Waals surface area contributed by atoms with Crippen molar-refractivity contribution in [3.05, 3.63) is 0 Å². The van der Waals surface area contributed by atoms with E-state index < -0.39 is 8.25 Å². The van der Waals surface area contributed by atoms with E-state index in [9.17, 15) is 4.79 Å². The first-order chi connectivity index (χ1) is 4.00. The summed E-state index contributed by atoms with van der Waals surface area (Å²) in [5.74, 6) is 0. The van der Waals surface area contributed by atoms with Gasteiger partial charge in [-0.3, -0.25) is 9.36 Å². The maximum Gasteiger partial charge on any atom is 0.314 e. The second-order valence-corrected chi connectivity index (χ2v) is 1.92. The predicted molar refractivity (Wildman–Crippen MR) is 33.2 cm³/mol. The summed E-state index contributed by atoms with van der Waals surface area (Å²) in [6.45, 7) is 0. The molecule has 0 atom stereocenters. The quantitative estimate of drug-likeness (QED) is 0.378. The van der Waals surface area contributed by atoms with Crippen LogP contribution >= 0.6 is 8.25 Å². The molecule has 0 bridgehead atoms. The van der Waals surface area contributed by atoms with Gasteiger partial charge in [0.15, 0.2) is 0 Å². The summed E-state index contributed by atoms with van der Waals surface area (Å²) >= 11 is 0. The van der Waals surface area contributed by atoms with E-state index in [1.54, 1.807) is 14.1 Å². The molecule has 56 valence electrons. The molecule has 0 unspecified atom stereocenters. The highest BCUT2D eigenvalue weighted by Gasteiger charge is 1.68. The second-order valence-electron chi connectivity index (χ2n) is 1.35. The lowest BCUT2D eigenvalue weighted by Crippen LogP contribution is -2.06. The van der Waals surface area contributed by atoms with Crippen molar-refractivity contribution in [2.24, 2.45) is 0 Å². The summed E-state index contributed by atoms with van der Waals surface area (Å²) in [5, 5.41) is 0. The zero-order valence-corrected chi connectivity index (χ0v) is 6.24. The van der Waals surface area contributed by atoms with E-state index in [2.05, 4.69) is 0 Å². The Morgan fingerprint density at radius 1 is 1.44 bits per heavy atom. The highest BCUT2D eigenvalue weighted by atomic mass is 31.1. The number of hydrogen-bond donors (Lipinski definition) is 2. The summed E-state index contributed by atoms with van der Waals surface area (Å²) < 4.78 is 8.74. The molecule has 2 N–H and O–H groups in total. The van der Waals surface area contributed by atoms with Gasteiger partial charge >= 0.3 is 8.25 Å². The van der Waals surface area contributed by atoms with Gasteiger partial charge in [-0.25, -0.2) is 0 Å². The molecule has 0 rings (SSSR count). The molecule has 9 heavy (non-hydrogen) atoms. The molecular weight excluding hydrogens is 145 g/mol. The van der Waals surface area contributed by atoms with Gasteiger partial charge in [-0.05, 0) is 0 Å². The van der Waals surface area contributed by atoms with Crippen molar-refractivity contribution in [2.75, 3.05) is 14.1 Å². The zero-order valence-electron chi connectivity index (χ0n) is 5.24. The predicted octanol–water partition coefficient (Wildman–Crippen LogP) is -0.935. The zero-order chi connectivity index (χ0) is 7.86. The fourth-order valence-electron chi connectivity index (χ4n) is 0. The minimum Gasteiger partial charge on any atom is -0.351 e. The minimum absolute atomic E-state index is 0.750. The summed E-state index contributed by atoms with van der Waals surface area (Å²) in [4.78, 5) is 25.2. The van der Waals surface area contributed by atoms with Crippen LogP contribution in [0.1, 0.15) is 0 Å². The van der Waals surface area contributed by atoms with Crippen LogP contribution in [0.15, 0.2) is 0 Å². The lowest BCUT2D eigenvalue weighted by Gasteiger charge is -1.93. The molecule has 0 saturated heterocycles. The van der Waals surface area contributed by atoms with Gasteiger partial charge in [0.2, 0.25) is 6.41 Å². The van der Waals surface area contributed by atoms with Crippen LogP contribution in [0.3, 0.4) is 0 Å². The first-order valence-electron chi connectivity index (χ1n) is 2.04. The average Bonchev–Trinajstić information content (AvgIpc) is 1.65. The highest BCUT2D eigenvalue weighted by Crippen LogP contribution is 1.98. The molecule has 5 nitrogen and oxygen atoms in total. The van der Waals surface area contributed by atoms with Crippen molar-refractivity contribution in [1.82, 2.24) is 4.90 Å². The average molecular weight is 155 g/mol. The van der Waals surface area contributed by atoms with Gasteiger partial charge in [0, 0.05) is 14.1 Å². The molecule has 0 aromatic heterocycles. The molecule has 0 heterocycles. The molecule has 0 fully saturated rings. The Kier molecular flexibility index (Phi) is 9.67. The second kappa shape index (κ2) is 7.62. The summed E-state index contributed by atoms with van der Waals surface area (Å²) in [6, 6.07) is 0. The van der Waals surface area contributed by atoms with Gasteiger partial charge in [-0.2, -0.15) is 0 Å². The van der Waals surface area contributed by atoms with Crippen molar-refractivity contribution in [3.63, 3.8) is 0 Å². The van der Waals surface area contributed by atoms with Crippen LogP contribution in [0.2, 0.25) is 0 Å². The third-order valence-corrected chi connectivity index (χ3v) is 0.211. The van der Waals surface area contributed by atoms with Gasteiger partial charge < -0.3 is 14.7 Å². The smallest absolute Gasteiger partial charge is 0.314 e. The van der Waals surface area contributed by atoms with E-state index in [0.717, 1.165) is 6.41 Å². The van der Waals surface area contributed by atoms with E-state index in [1.165, 1.54) is 4.90 Å². The van der Waals surface area contributed by atoms with Crippen LogP contribution in [0.25, 0.3) is 0 Å². The maximum absolute atomic E-state index is 9.43. The third kappa shape index (κ3) is 91.7. The van der Waals surface area contributed by atoms with Gasteiger partial charge in [0.1, 0.15) is 0 Å². The third-order valence-electron chi connectivity index (χ3n) is 0.211. The van der Waals surface area contributed by atoms with Gasteiger partial charge in [0.05, 0.1) is 0 Å². The van der Waals surface area contributed by atoms with E-state index in [0.29, 0.717) is 0 Å². The molecule has 0 aromatic rings. The van der Waals surface area contributed by atoms with Crippen molar-refractivity contribution in [3.8, 4) is 0 Å². The van der Waals surface area contributed by atoms with Crippen LogP contribution in [0.5, 0.6) is 0 Å². The van der Waals surface area contributed by atoms with Crippen molar-refractivity contribution in [2.45, 2.75) is 0 Å². The van der Waals surface area contributed by atoms with Crippen LogP contribution in [-0.4, -0.2) is 35.2 Å². The SMILES string of the molecule is CN(C)C=O.O=[PH](O)O. The molecular formula is C3H10NO4P. The van der Waals surface area contributed by atoms with Crippen molar-refractivity contribution < 1.29 is 19.1 Å². The lowest BCUT2D eigenvalue weighted by atomic mass is 11.0. The summed E-state index contributed by atoms with van der Waals surface area (Å²) in [6.07, 6.45) is 0.750. The van der Waals surface area contributed by atoms with Gasteiger partial charge in [-0.1, -0.05) is 0 Å². The molecule has 0 aliphatic carbocycles. The first-order valence-corrected chi connectivity index (χ1v) is 3.34. The van der Waals surface area contributed by atoms with Crippen LogP contribution in [0.4, 0.5) is 0 Å². The van der Waals surface area contributed by atoms with E-state index in [4.69, 9.17) is 14.4 Å². The number of carbonyl (C=O) groups is 1. The largest absolute Gasteiger partial charge is 0.351 e. The number of carbonyl (C=O) groups excluding carboxylic acids is 1. The lowest BCUT2D eigenvalue weighted by molar-refractivity contribution is -0.115. The van der Waals surface area contributed by atoms with E-state index in [-0.39, 0.29) is 0 Å². The molecule has 0 aromatic carbocycles. The van der Waals surface area contributed by atoms with Crippen LogP contribution in [0, 0.1) is 0 Å². The summed E-state index contributed by atoms with van der Waals surface area (Å²) in [7, 11) is 0.245. The number of hydrogen-bond acceptors (Lipinski definition) is 2. The summed E-state index contributed by atoms with van der Waals surface area (Å²) in [5.41, 5.74) is 0. The minimum atomic E-state index is -3.13. The Morgan fingerprint density at radius 2 is 1.56 bits per heavy atom. The Hall–Kier alpha value is -0.380. The molecule has 0 saturated carbocycles. The number of rotatable bonds is 1. The molecule has 0 spiro atoms. The topological polar surface area (TPSA) is 77.8 Å². The van der Waals surface area contributed by atoms with Crippen molar-refractivity contribution >= 4 is 14.7 Å². The molecule has 0 radical (unpaired) electrons. The van der Waals surface area contributed by atoms with Crippen molar-refractivity contribution in [1.29, 1.82) is 0 Å². The van der Waals surface area contributed by atoms with Gasteiger partial charge in [-0.15, -0.1) is 0 Å². The number of amides is 1. The fourth-order valence-corrected chi connectivity index (χ4v) is 0. The van der Waals surface area contributed by atoms with Gasteiger partial charge in [0.25, 0.3) is 0 Å². The molecule has 1 amide bonds. The standard InChI is InChI=1S/C3H7NO.H3O3P/c1-4(2)3-5;1-4(2)3/h3H,1-2H3;4H,(H2,1,2,3). The Morgan fingerprint density at radius 3 is 1.56 bits per heavy atom. The van der Waals surface area contributed by atoms with Crippen LogP contribution in [-0.2, 0) is 9.36 Å². The molecule has 6 heteroatoms.